The Morgan fingerprint density at radius 3 is 2.53 bits per heavy atom. The predicted octanol–water partition coefficient (Wildman–Crippen LogP) is 4.52. The number of hydrogen-bond donors (Lipinski definition) is 1. The fourth-order valence-electron chi connectivity index (χ4n) is 1.12. The lowest BCUT2D eigenvalue weighted by atomic mass is 10.2. The molecule has 0 spiro atoms. The Bertz CT molecular complexity index is 552. The third-order valence-electron chi connectivity index (χ3n) is 1.96. The van der Waals surface area contributed by atoms with Crippen LogP contribution in [0.25, 0.3) is 0 Å². The number of rotatable bonds is 2. The van der Waals surface area contributed by atoms with Gasteiger partial charge in [-0.1, -0.05) is 11.6 Å². The first kappa shape index (κ1) is 14.1. The van der Waals surface area contributed by atoms with Gasteiger partial charge in [0.2, 0.25) is 0 Å². The van der Waals surface area contributed by atoms with E-state index in [0.29, 0.717) is 9.50 Å². The average Bonchev–Trinajstić information content (AvgIpc) is 2.31. The van der Waals surface area contributed by atoms with Gasteiger partial charge >= 0.3 is 0 Å². The summed E-state index contributed by atoms with van der Waals surface area (Å²) in [5.41, 5.74) is 1.65. The SMILES string of the molecule is Cc1cc(Br)c(Cl)c(Br)c1NC=C(C#N)C#N. The van der Waals surface area contributed by atoms with E-state index < -0.39 is 0 Å². The third kappa shape index (κ3) is 3.23. The summed E-state index contributed by atoms with van der Waals surface area (Å²) in [7, 11) is 0. The average molecular weight is 375 g/mol. The predicted molar refractivity (Wildman–Crippen MR) is 74.5 cm³/mol. The summed E-state index contributed by atoms with van der Waals surface area (Å²) in [5, 5.41) is 20.7. The Morgan fingerprint density at radius 1 is 1.41 bits per heavy atom. The van der Waals surface area contributed by atoms with Gasteiger partial charge in [-0.05, 0) is 50.4 Å². The van der Waals surface area contributed by atoms with Crippen LogP contribution in [0.15, 0.2) is 26.8 Å². The Balaban J connectivity index is 3.18. The lowest BCUT2D eigenvalue weighted by Gasteiger charge is -2.11. The lowest BCUT2D eigenvalue weighted by molar-refractivity contribution is 1.38. The van der Waals surface area contributed by atoms with Crippen molar-refractivity contribution in [2.45, 2.75) is 6.92 Å². The molecule has 1 rings (SSSR count). The van der Waals surface area contributed by atoms with E-state index in [2.05, 4.69) is 37.2 Å². The largest absolute Gasteiger partial charge is 0.359 e. The van der Waals surface area contributed by atoms with Crippen LogP contribution in [-0.4, -0.2) is 0 Å². The van der Waals surface area contributed by atoms with Gasteiger partial charge in [-0.3, -0.25) is 0 Å². The molecule has 0 aliphatic carbocycles. The molecule has 0 aromatic heterocycles. The van der Waals surface area contributed by atoms with Crippen LogP contribution in [0.3, 0.4) is 0 Å². The highest BCUT2D eigenvalue weighted by molar-refractivity contribution is 9.11. The van der Waals surface area contributed by atoms with Crippen molar-refractivity contribution in [2.24, 2.45) is 0 Å². The van der Waals surface area contributed by atoms with Gasteiger partial charge in [0, 0.05) is 10.7 Å². The number of allylic oxidation sites excluding steroid dienone is 1. The Hall–Kier alpha value is -1.01. The first-order valence-electron chi connectivity index (χ1n) is 4.42. The van der Waals surface area contributed by atoms with Crippen molar-refractivity contribution in [1.29, 1.82) is 10.5 Å². The Labute approximate surface area is 121 Å². The fourth-order valence-corrected chi connectivity index (χ4v) is 2.72. The van der Waals surface area contributed by atoms with E-state index in [-0.39, 0.29) is 5.57 Å². The molecule has 0 aliphatic rings. The molecule has 1 aromatic rings. The molecular formula is C11H6Br2ClN3. The van der Waals surface area contributed by atoms with Crippen LogP contribution in [0.5, 0.6) is 0 Å². The third-order valence-corrected chi connectivity index (χ3v) is 4.23. The summed E-state index contributed by atoms with van der Waals surface area (Å²) < 4.78 is 1.45. The van der Waals surface area contributed by atoms with E-state index in [1.165, 1.54) is 6.20 Å². The fraction of sp³-hybridized carbons (Fsp3) is 0.0909. The monoisotopic (exact) mass is 373 g/mol. The van der Waals surface area contributed by atoms with E-state index in [1.807, 2.05) is 13.0 Å². The molecule has 1 aromatic carbocycles. The second-order valence-corrected chi connectivity index (χ2v) is 5.13. The number of nitrogens with zero attached hydrogens (tertiary/aromatic N) is 2. The summed E-state index contributed by atoms with van der Waals surface area (Å²) in [6.07, 6.45) is 1.34. The number of hydrogen-bond acceptors (Lipinski definition) is 3. The number of anilines is 1. The van der Waals surface area contributed by atoms with Crippen LogP contribution >= 0.6 is 43.5 Å². The molecule has 0 fully saturated rings. The van der Waals surface area contributed by atoms with Crippen LogP contribution in [0, 0.1) is 29.6 Å². The second-order valence-electron chi connectivity index (χ2n) is 3.10. The van der Waals surface area contributed by atoms with Crippen molar-refractivity contribution < 1.29 is 0 Å². The topological polar surface area (TPSA) is 59.6 Å². The van der Waals surface area contributed by atoms with Gasteiger partial charge in [0.25, 0.3) is 0 Å². The molecule has 0 amide bonds. The van der Waals surface area contributed by atoms with Crippen molar-refractivity contribution in [3.63, 3.8) is 0 Å². The lowest BCUT2D eigenvalue weighted by Crippen LogP contribution is -1.95. The van der Waals surface area contributed by atoms with Crippen LogP contribution in [0.2, 0.25) is 5.02 Å². The highest BCUT2D eigenvalue weighted by Gasteiger charge is 2.10. The van der Waals surface area contributed by atoms with Crippen LogP contribution < -0.4 is 5.32 Å². The first-order chi connectivity index (χ1) is 8.01. The standard InChI is InChI=1S/C11H6Br2ClN3/c1-6-2-8(12)10(14)9(13)11(6)17-5-7(3-15)4-16/h2,5,17H,1H3. The summed E-state index contributed by atoms with van der Waals surface area (Å²) in [6, 6.07) is 5.38. The minimum Gasteiger partial charge on any atom is -0.359 e. The zero-order chi connectivity index (χ0) is 13.0. The maximum Gasteiger partial charge on any atom is 0.145 e. The molecule has 0 atom stereocenters. The van der Waals surface area contributed by atoms with E-state index in [9.17, 15) is 0 Å². The van der Waals surface area contributed by atoms with Crippen LogP contribution in [-0.2, 0) is 0 Å². The molecule has 0 unspecified atom stereocenters. The maximum absolute atomic E-state index is 8.62. The summed E-state index contributed by atoms with van der Waals surface area (Å²) in [4.78, 5) is 0. The zero-order valence-corrected chi connectivity index (χ0v) is 12.6. The number of nitrogens with one attached hydrogen (secondary N) is 1. The number of nitriles is 2. The highest BCUT2D eigenvalue weighted by atomic mass is 79.9. The molecule has 17 heavy (non-hydrogen) atoms. The molecule has 0 radical (unpaired) electrons. The van der Waals surface area contributed by atoms with Crippen LogP contribution in [0.4, 0.5) is 5.69 Å². The summed E-state index contributed by atoms with van der Waals surface area (Å²) in [5.74, 6) is 0. The molecule has 0 aliphatic heterocycles. The highest BCUT2D eigenvalue weighted by Crippen LogP contribution is 2.38. The normalized spacial score (nSPS) is 9.06. The molecule has 0 heterocycles. The quantitative estimate of drug-likeness (QED) is 0.611. The van der Waals surface area contributed by atoms with Gasteiger partial charge < -0.3 is 5.32 Å². The van der Waals surface area contributed by atoms with Crippen molar-refractivity contribution in [2.75, 3.05) is 5.32 Å². The van der Waals surface area contributed by atoms with Gasteiger partial charge in [-0.2, -0.15) is 10.5 Å². The van der Waals surface area contributed by atoms with E-state index >= 15 is 0 Å². The molecule has 0 bridgehead atoms. The minimum absolute atomic E-state index is 0.00431. The van der Waals surface area contributed by atoms with Crippen LogP contribution in [0.1, 0.15) is 5.56 Å². The smallest absolute Gasteiger partial charge is 0.145 e. The van der Waals surface area contributed by atoms with E-state index in [1.54, 1.807) is 12.1 Å². The molecule has 3 nitrogen and oxygen atoms in total. The number of aryl methyl sites for hydroxylation is 1. The molecule has 86 valence electrons. The van der Waals surface area contributed by atoms with Crippen molar-refractivity contribution in [3.8, 4) is 12.1 Å². The van der Waals surface area contributed by atoms with Gasteiger partial charge in [0.15, 0.2) is 0 Å². The van der Waals surface area contributed by atoms with Gasteiger partial charge in [-0.25, -0.2) is 0 Å². The van der Waals surface area contributed by atoms with Crippen molar-refractivity contribution in [1.82, 2.24) is 0 Å². The first-order valence-corrected chi connectivity index (χ1v) is 6.38. The van der Waals surface area contributed by atoms with Crippen molar-refractivity contribution >= 4 is 49.1 Å². The van der Waals surface area contributed by atoms with E-state index in [4.69, 9.17) is 22.1 Å². The van der Waals surface area contributed by atoms with Gasteiger partial charge in [-0.15, -0.1) is 0 Å². The maximum atomic E-state index is 8.62. The van der Waals surface area contributed by atoms with Gasteiger partial charge in [0.05, 0.1) is 15.2 Å². The molecule has 0 saturated carbocycles. The Morgan fingerprint density at radius 2 is 2.00 bits per heavy atom. The minimum atomic E-state index is -0.00431. The molecule has 6 heteroatoms. The summed E-state index contributed by atoms with van der Waals surface area (Å²) in [6.45, 7) is 1.89. The molecule has 0 saturated heterocycles. The van der Waals surface area contributed by atoms with E-state index in [0.717, 1.165) is 15.7 Å². The number of benzene rings is 1. The Kier molecular flexibility index (Phi) is 5.02. The molecular weight excluding hydrogens is 369 g/mol. The summed E-state index contributed by atoms with van der Waals surface area (Å²) >= 11 is 12.7. The van der Waals surface area contributed by atoms with Gasteiger partial charge in [0.1, 0.15) is 17.7 Å². The second kappa shape index (κ2) is 6.07. The van der Waals surface area contributed by atoms with Crippen molar-refractivity contribution in [3.05, 3.63) is 37.4 Å². The zero-order valence-electron chi connectivity index (χ0n) is 8.68. The number of halogens is 3. The molecule has 1 N–H and O–H groups in total.